The van der Waals surface area contributed by atoms with Gasteiger partial charge in [0.05, 0.1) is 6.04 Å². The maximum Gasteiger partial charge on any atom is 0.240 e. The number of halogens is 1. The van der Waals surface area contributed by atoms with Crippen molar-refractivity contribution in [1.29, 1.82) is 0 Å². The van der Waals surface area contributed by atoms with E-state index in [4.69, 9.17) is 5.73 Å². The van der Waals surface area contributed by atoms with E-state index in [2.05, 4.69) is 11.8 Å². The average Bonchev–Trinajstić information content (AvgIpc) is 2.52. The Hall–Kier alpha value is -1.11. The molecule has 0 saturated carbocycles. The third-order valence-electron chi connectivity index (χ3n) is 3.80. The minimum Gasteiger partial charge on any atom is -0.339 e. The SMILES string of the molecule is CCSC[C@H](N)C(=O)N1CCN(Cc2cccc(F)c2)CC1. The van der Waals surface area contributed by atoms with Crippen LogP contribution in [0.2, 0.25) is 0 Å². The number of carbonyl (C=O) groups is 1. The van der Waals surface area contributed by atoms with E-state index >= 15 is 0 Å². The van der Waals surface area contributed by atoms with Crippen LogP contribution in [0, 0.1) is 5.82 Å². The molecule has 4 nitrogen and oxygen atoms in total. The lowest BCUT2D eigenvalue weighted by Gasteiger charge is -2.35. The summed E-state index contributed by atoms with van der Waals surface area (Å²) in [6.07, 6.45) is 0. The number of piperazine rings is 1. The van der Waals surface area contributed by atoms with E-state index in [0.717, 1.165) is 31.0 Å². The van der Waals surface area contributed by atoms with Crippen LogP contribution in [0.5, 0.6) is 0 Å². The van der Waals surface area contributed by atoms with E-state index in [1.54, 1.807) is 23.9 Å². The third kappa shape index (κ3) is 4.97. The van der Waals surface area contributed by atoms with Gasteiger partial charge in [-0.1, -0.05) is 19.1 Å². The Bertz CT molecular complexity index is 492. The van der Waals surface area contributed by atoms with Crippen LogP contribution in [0.1, 0.15) is 12.5 Å². The summed E-state index contributed by atoms with van der Waals surface area (Å²) in [5.41, 5.74) is 6.91. The van der Waals surface area contributed by atoms with Crippen molar-refractivity contribution in [3.05, 3.63) is 35.6 Å². The molecule has 2 rings (SSSR count). The number of nitrogens with two attached hydrogens (primary N) is 1. The molecule has 1 aliphatic heterocycles. The predicted molar refractivity (Wildman–Crippen MR) is 89.2 cm³/mol. The van der Waals surface area contributed by atoms with Gasteiger partial charge in [0.2, 0.25) is 5.91 Å². The molecular weight excluding hydrogens is 301 g/mol. The molecule has 1 saturated heterocycles. The molecule has 0 aromatic heterocycles. The van der Waals surface area contributed by atoms with Gasteiger partial charge in [0, 0.05) is 38.5 Å². The summed E-state index contributed by atoms with van der Waals surface area (Å²) in [4.78, 5) is 16.3. The highest BCUT2D eigenvalue weighted by molar-refractivity contribution is 7.99. The number of hydrogen-bond donors (Lipinski definition) is 1. The smallest absolute Gasteiger partial charge is 0.240 e. The van der Waals surface area contributed by atoms with Gasteiger partial charge < -0.3 is 10.6 Å². The summed E-state index contributed by atoms with van der Waals surface area (Å²) in [6.45, 7) is 5.77. The molecule has 0 aliphatic carbocycles. The zero-order valence-electron chi connectivity index (χ0n) is 13.0. The van der Waals surface area contributed by atoms with Gasteiger partial charge in [-0.25, -0.2) is 4.39 Å². The Kier molecular flexibility index (Phi) is 6.67. The fraction of sp³-hybridized carbons (Fsp3) is 0.562. The Morgan fingerprint density at radius 1 is 1.36 bits per heavy atom. The van der Waals surface area contributed by atoms with Gasteiger partial charge in [0.25, 0.3) is 0 Å². The fourth-order valence-electron chi connectivity index (χ4n) is 2.57. The molecule has 1 aliphatic rings. The second-order valence-corrected chi connectivity index (χ2v) is 6.82. The molecule has 0 bridgehead atoms. The normalized spacial score (nSPS) is 17.5. The Morgan fingerprint density at radius 3 is 2.73 bits per heavy atom. The van der Waals surface area contributed by atoms with Gasteiger partial charge in [-0.2, -0.15) is 11.8 Å². The molecule has 0 radical (unpaired) electrons. The van der Waals surface area contributed by atoms with Crippen molar-refractivity contribution in [1.82, 2.24) is 9.80 Å². The predicted octanol–water partition coefficient (Wildman–Crippen LogP) is 1.55. The number of benzene rings is 1. The third-order valence-corrected chi connectivity index (χ3v) is 4.80. The second-order valence-electron chi connectivity index (χ2n) is 5.50. The standard InChI is InChI=1S/C16H24FN3OS/c1-2-22-12-15(18)16(21)20-8-6-19(7-9-20)11-13-4-3-5-14(17)10-13/h3-5,10,15H,2,6-9,11-12,18H2,1H3/t15-/m0/s1. The summed E-state index contributed by atoms with van der Waals surface area (Å²) < 4.78 is 13.2. The van der Waals surface area contributed by atoms with E-state index in [0.29, 0.717) is 18.8 Å². The quantitative estimate of drug-likeness (QED) is 0.862. The monoisotopic (exact) mass is 325 g/mol. The van der Waals surface area contributed by atoms with Crippen LogP contribution in [0.25, 0.3) is 0 Å². The molecule has 0 spiro atoms. The molecule has 22 heavy (non-hydrogen) atoms. The molecule has 0 unspecified atom stereocenters. The molecule has 1 aromatic carbocycles. The zero-order valence-corrected chi connectivity index (χ0v) is 13.8. The van der Waals surface area contributed by atoms with E-state index in [1.807, 2.05) is 11.0 Å². The molecule has 1 heterocycles. The maximum absolute atomic E-state index is 13.2. The minimum atomic E-state index is -0.403. The van der Waals surface area contributed by atoms with Crippen LogP contribution in [0.3, 0.4) is 0 Å². The van der Waals surface area contributed by atoms with Crippen molar-refractivity contribution in [2.45, 2.75) is 19.5 Å². The summed E-state index contributed by atoms with van der Waals surface area (Å²) in [7, 11) is 0. The van der Waals surface area contributed by atoms with Crippen LogP contribution in [-0.2, 0) is 11.3 Å². The highest BCUT2D eigenvalue weighted by Crippen LogP contribution is 2.11. The van der Waals surface area contributed by atoms with Crippen molar-refractivity contribution in [2.24, 2.45) is 5.73 Å². The maximum atomic E-state index is 13.2. The molecule has 1 amide bonds. The summed E-state index contributed by atoms with van der Waals surface area (Å²) in [6, 6.07) is 6.28. The van der Waals surface area contributed by atoms with Crippen LogP contribution in [-0.4, -0.2) is 59.4 Å². The molecule has 122 valence electrons. The van der Waals surface area contributed by atoms with Crippen LogP contribution in [0.4, 0.5) is 4.39 Å². The van der Waals surface area contributed by atoms with Gasteiger partial charge in [-0.15, -0.1) is 0 Å². The Balaban J connectivity index is 1.79. The number of rotatable bonds is 6. The van der Waals surface area contributed by atoms with E-state index in [1.165, 1.54) is 6.07 Å². The summed E-state index contributed by atoms with van der Waals surface area (Å²) >= 11 is 1.69. The highest BCUT2D eigenvalue weighted by atomic mass is 32.2. The van der Waals surface area contributed by atoms with Gasteiger partial charge in [-0.3, -0.25) is 9.69 Å². The number of carbonyl (C=O) groups excluding carboxylic acids is 1. The number of thioether (sulfide) groups is 1. The van der Waals surface area contributed by atoms with E-state index < -0.39 is 6.04 Å². The first kappa shape index (κ1) is 17.2. The van der Waals surface area contributed by atoms with E-state index in [-0.39, 0.29) is 11.7 Å². The van der Waals surface area contributed by atoms with Crippen LogP contribution in [0.15, 0.2) is 24.3 Å². The molecule has 6 heteroatoms. The largest absolute Gasteiger partial charge is 0.339 e. The first-order chi connectivity index (χ1) is 10.6. The molecule has 1 atom stereocenters. The molecule has 1 fully saturated rings. The van der Waals surface area contributed by atoms with Gasteiger partial charge in [0.1, 0.15) is 5.82 Å². The zero-order chi connectivity index (χ0) is 15.9. The summed E-state index contributed by atoms with van der Waals surface area (Å²) in [5.74, 6) is 1.50. The van der Waals surface area contributed by atoms with Crippen molar-refractivity contribution >= 4 is 17.7 Å². The Labute approximate surface area is 135 Å². The van der Waals surface area contributed by atoms with Crippen molar-refractivity contribution in [3.63, 3.8) is 0 Å². The lowest BCUT2D eigenvalue weighted by molar-refractivity contribution is -0.133. The first-order valence-electron chi connectivity index (χ1n) is 7.69. The minimum absolute atomic E-state index is 0.0476. The molecular formula is C16H24FN3OS. The lowest BCUT2D eigenvalue weighted by atomic mass is 10.2. The number of hydrogen-bond acceptors (Lipinski definition) is 4. The topological polar surface area (TPSA) is 49.6 Å². The summed E-state index contributed by atoms with van der Waals surface area (Å²) in [5, 5.41) is 0. The molecule has 2 N–H and O–H groups in total. The first-order valence-corrected chi connectivity index (χ1v) is 8.84. The molecule has 1 aromatic rings. The van der Waals surface area contributed by atoms with Crippen molar-refractivity contribution in [2.75, 3.05) is 37.7 Å². The highest BCUT2D eigenvalue weighted by Gasteiger charge is 2.25. The van der Waals surface area contributed by atoms with Gasteiger partial charge >= 0.3 is 0 Å². The Morgan fingerprint density at radius 2 is 2.09 bits per heavy atom. The fourth-order valence-corrected chi connectivity index (χ4v) is 3.20. The van der Waals surface area contributed by atoms with Gasteiger partial charge in [-0.05, 0) is 23.4 Å². The van der Waals surface area contributed by atoms with Crippen molar-refractivity contribution in [3.8, 4) is 0 Å². The second kappa shape index (κ2) is 8.50. The van der Waals surface area contributed by atoms with Gasteiger partial charge in [0.15, 0.2) is 0 Å². The van der Waals surface area contributed by atoms with Crippen molar-refractivity contribution < 1.29 is 9.18 Å². The lowest BCUT2D eigenvalue weighted by Crippen LogP contribution is -2.53. The van der Waals surface area contributed by atoms with Crippen LogP contribution < -0.4 is 5.73 Å². The number of amides is 1. The average molecular weight is 325 g/mol. The van der Waals surface area contributed by atoms with E-state index in [9.17, 15) is 9.18 Å². The van der Waals surface area contributed by atoms with Crippen LogP contribution >= 0.6 is 11.8 Å². The number of nitrogens with zero attached hydrogens (tertiary/aromatic N) is 2.